The Hall–Kier alpha value is -2.65. The number of rotatable bonds is 11. The second kappa shape index (κ2) is 11.8. The SMILES string of the molecule is CC(=O)NCCCC[C@H](NC(C)=O)C(=O)N[C@@H](C)C(=O)O[C@H](C)C(=O)O. The van der Waals surface area contributed by atoms with Gasteiger partial charge < -0.3 is 25.8 Å². The Morgan fingerprint density at radius 1 is 0.962 bits per heavy atom. The average Bonchev–Trinajstić information content (AvgIpc) is 2.52. The lowest BCUT2D eigenvalue weighted by molar-refractivity contribution is -0.164. The summed E-state index contributed by atoms with van der Waals surface area (Å²) in [5.41, 5.74) is 0. The van der Waals surface area contributed by atoms with Crippen LogP contribution >= 0.6 is 0 Å². The third-order valence-electron chi connectivity index (χ3n) is 3.34. The molecule has 4 N–H and O–H groups in total. The second-order valence-corrected chi connectivity index (χ2v) is 5.88. The molecule has 0 aromatic carbocycles. The predicted octanol–water partition coefficient (Wildman–Crippen LogP) is -0.681. The minimum absolute atomic E-state index is 0.149. The zero-order chi connectivity index (χ0) is 20.3. The molecule has 0 radical (unpaired) electrons. The topological polar surface area (TPSA) is 151 Å². The summed E-state index contributed by atoms with van der Waals surface area (Å²) in [7, 11) is 0. The molecule has 0 rings (SSSR count). The molecule has 0 bridgehead atoms. The number of carboxylic acid groups (broad SMARTS) is 1. The summed E-state index contributed by atoms with van der Waals surface area (Å²) in [6.45, 7) is 5.68. The van der Waals surface area contributed by atoms with E-state index in [2.05, 4.69) is 16.0 Å². The highest BCUT2D eigenvalue weighted by Crippen LogP contribution is 2.03. The van der Waals surface area contributed by atoms with E-state index in [1.54, 1.807) is 0 Å². The van der Waals surface area contributed by atoms with Gasteiger partial charge in [0.05, 0.1) is 0 Å². The van der Waals surface area contributed by atoms with Crippen LogP contribution in [0.5, 0.6) is 0 Å². The number of ether oxygens (including phenoxy) is 1. The van der Waals surface area contributed by atoms with Crippen LogP contribution in [0.4, 0.5) is 0 Å². The Bertz CT molecular complexity index is 536. The van der Waals surface area contributed by atoms with Gasteiger partial charge in [-0.15, -0.1) is 0 Å². The summed E-state index contributed by atoms with van der Waals surface area (Å²) >= 11 is 0. The van der Waals surface area contributed by atoms with Crippen molar-refractivity contribution in [1.29, 1.82) is 0 Å². The van der Waals surface area contributed by atoms with Gasteiger partial charge in [0.25, 0.3) is 0 Å². The first-order valence-electron chi connectivity index (χ1n) is 8.29. The molecule has 0 saturated heterocycles. The van der Waals surface area contributed by atoms with Crippen LogP contribution in [-0.4, -0.2) is 59.5 Å². The van der Waals surface area contributed by atoms with Crippen LogP contribution in [0.25, 0.3) is 0 Å². The molecule has 148 valence electrons. The van der Waals surface area contributed by atoms with Crippen LogP contribution < -0.4 is 16.0 Å². The van der Waals surface area contributed by atoms with Gasteiger partial charge in [-0.3, -0.25) is 14.4 Å². The van der Waals surface area contributed by atoms with Gasteiger partial charge in [0.15, 0.2) is 6.10 Å². The van der Waals surface area contributed by atoms with Gasteiger partial charge in [0.1, 0.15) is 12.1 Å². The van der Waals surface area contributed by atoms with Crippen molar-refractivity contribution < 1.29 is 33.8 Å². The van der Waals surface area contributed by atoms with Crippen LogP contribution in [0.3, 0.4) is 0 Å². The average molecular weight is 373 g/mol. The molecule has 0 aromatic heterocycles. The fourth-order valence-electron chi connectivity index (χ4n) is 1.95. The molecule has 0 fully saturated rings. The molecule has 26 heavy (non-hydrogen) atoms. The van der Waals surface area contributed by atoms with Crippen molar-refractivity contribution >= 4 is 29.7 Å². The van der Waals surface area contributed by atoms with Crippen molar-refractivity contribution in [3.8, 4) is 0 Å². The zero-order valence-electron chi connectivity index (χ0n) is 15.5. The molecule has 0 aliphatic rings. The molecule has 0 aliphatic heterocycles. The summed E-state index contributed by atoms with van der Waals surface area (Å²) in [6.07, 6.45) is 0.171. The van der Waals surface area contributed by atoms with E-state index < -0.39 is 41.9 Å². The van der Waals surface area contributed by atoms with Crippen molar-refractivity contribution in [2.45, 2.75) is 65.1 Å². The summed E-state index contributed by atoms with van der Waals surface area (Å²) in [5, 5.41) is 16.2. The van der Waals surface area contributed by atoms with E-state index in [0.29, 0.717) is 25.8 Å². The van der Waals surface area contributed by atoms with Crippen LogP contribution in [0, 0.1) is 0 Å². The van der Waals surface area contributed by atoms with Crippen LogP contribution in [0.2, 0.25) is 0 Å². The Balaban J connectivity index is 4.56. The minimum Gasteiger partial charge on any atom is -0.479 e. The number of esters is 1. The lowest BCUT2D eigenvalue weighted by Gasteiger charge is -2.21. The summed E-state index contributed by atoms with van der Waals surface area (Å²) < 4.78 is 4.69. The first-order valence-corrected chi connectivity index (χ1v) is 8.29. The zero-order valence-corrected chi connectivity index (χ0v) is 15.5. The Morgan fingerprint density at radius 3 is 2.08 bits per heavy atom. The molecule has 0 saturated carbocycles. The first kappa shape index (κ1) is 23.4. The van der Waals surface area contributed by atoms with Crippen LogP contribution in [0.15, 0.2) is 0 Å². The number of nitrogens with one attached hydrogen (secondary N) is 3. The van der Waals surface area contributed by atoms with Crippen LogP contribution in [-0.2, 0) is 28.7 Å². The minimum atomic E-state index is -1.33. The van der Waals surface area contributed by atoms with Crippen molar-refractivity contribution in [2.24, 2.45) is 0 Å². The number of unbranched alkanes of at least 4 members (excludes halogenated alkanes) is 1. The van der Waals surface area contributed by atoms with Gasteiger partial charge in [-0.25, -0.2) is 9.59 Å². The monoisotopic (exact) mass is 373 g/mol. The molecule has 10 nitrogen and oxygen atoms in total. The number of hydrogen-bond acceptors (Lipinski definition) is 6. The van der Waals surface area contributed by atoms with Crippen LogP contribution in [0.1, 0.15) is 47.0 Å². The predicted molar refractivity (Wildman–Crippen MR) is 90.9 cm³/mol. The standard InChI is InChI=1S/C16H27N3O7/c1-9(16(25)26-10(2)15(23)24)18-14(22)13(19-12(4)21)7-5-6-8-17-11(3)20/h9-10,13H,5-8H2,1-4H3,(H,17,20)(H,18,22)(H,19,21)(H,23,24)/t9-,10+,13-/m0/s1. The lowest BCUT2D eigenvalue weighted by Crippen LogP contribution is -2.51. The van der Waals surface area contributed by atoms with Gasteiger partial charge in [-0.05, 0) is 33.1 Å². The molecule has 0 heterocycles. The number of aliphatic carboxylic acids is 1. The molecule has 3 atom stereocenters. The third-order valence-corrected chi connectivity index (χ3v) is 3.34. The molecule has 0 aromatic rings. The molecule has 0 unspecified atom stereocenters. The van der Waals surface area contributed by atoms with Gasteiger partial charge in [0, 0.05) is 20.4 Å². The third kappa shape index (κ3) is 10.3. The molecule has 3 amide bonds. The molecular formula is C16H27N3O7. The summed E-state index contributed by atoms with van der Waals surface area (Å²) in [5.74, 6) is -3.31. The number of hydrogen-bond donors (Lipinski definition) is 4. The Kier molecular flexibility index (Phi) is 10.6. The summed E-state index contributed by atoms with van der Waals surface area (Å²) in [4.78, 5) is 56.8. The number of carbonyl (C=O) groups excluding carboxylic acids is 4. The van der Waals surface area contributed by atoms with Gasteiger partial charge in [-0.2, -0.15) is 0 Å². The maximum atomic E-state index is 12.3. The lowest BCUT2D eigenvalue weighted by atomic mass is 10.1. The number of carboxylic acids is 1. The molecular weight excluding hydrogens is 346 g/mol. The van der Waals surface area contributed by atoms with E-state index in [1.807, 2.05) is 0 Å². The van der Waals surface area contributed by atoms with Crippen molar-refractivity contribution in [2.75, 3.05) is 6.54 Å². The van der Waals surface area contributed by atoms with E-state index >= 15 is 0 Å². The largest absolute Gasteiger partial charge is 0.479 e. The van der Waals surface area contributed by atoms with E-state index in [4.69, 9.17) is 9.84 Å². The number of carbonyl (C=O) groups is 5. The van der Waals surface area contributed by atoms with Crippen molar-refractivity contribution in [3.63, 3.8) is 0 Å². The quantitative estimate of drug-likeness (QED) is 0.277. The molecule has 10 heteroatoms. The highest BCUT2D eigenvalue weighted by molar-refractivity contribution is 5.90. The molecule has 0 aliphatic carbocycles. The van der Waals surface area contributed by atoms with E-state index in [-0.39, 0.29) is 5.91 Å². The fraction of sp³-hybridized carbons (Fsp3) is 0.688. The maximum absolute atomic E-state index is 12.3. The maximum Gasteiger partial charge on any atom is 0.344 e. The van der Waals surface area contributed by atoms with Gasteiger partial charge in [0.2, 0.25) is 17.7 Å². The van der Waals surface area contributed by atoms with Crippen molar-refractivity contribution in [3.05, 3.63) is 0 Å². The van der Waals surface area contributed by atoms with Gasteiger partial charge in [-0.1, -0.05) is 0 Å². The summed E-state index contributed by atoms with van der Waals surface area (Å²) in [6, 6.07) is -1.92. The van der Waals surface area contributed by atoms with Crippen molar-refractivity contribution in [1.82, 2.24) is 16.0 Å². The highest BCUT2D eigenvalue weighted by Gasteiger charge is 2.26. The smallest absolute Gasteiger partial charge is 0.344 e. The first-order chi connectivity index (χ1) is 12.0. The van der Waals surface area contributed by atoms with E-state index in [9.17, 15) is 24.0 Å². The molecule has 0 spiro atoms. The Labute approximate surface area is 152 Å². The fourth-order valence-corrected chi connectivity index (χ4v) is 1.95. The number of amides is 3. The normalized spacial score (nSPS) is 13.7. The van der Waals surface area contributed by atoms with E-state index in [1.165, 1.54) is 27.7 Å². The Morgan fingerprint density at radius 2 is 1.58 bits per heavy atom. The van der Waals surface area contributed by atoms with E-state index in [0.717, 1.165) is 0 Å². The van der Waals surface area contributed by atoms with Gasteiger partial charge >= 0.3 is 11.9 Å². The highest BCUT2D eigenvalue weighted by atomic mass is 16.6. The second-order valence-electron chi connectivity index (χ2n) is 5.88.